The van der Waals surface area contributed by atoms with Crippen LogP contribution in [0.5, 0.6) is 11.5 Å². The summed E-state index contributed by atoms with van der Waals surface area (Å²) in [5.74, 6) is 0.996. The molecule has 0 bridgehead atoms. The third kappa shape index (κ3) is 5.45. The summed E-state index contributed by atoms with van der Waals surface area (Å²) in [6, 6.07) is 12.6. The zero-order valence-electron chi connectivity index (χ0n) is 14.6. The lowest BCUT2D eigenvalue weighted by atomic mass is 10.1. The average Bonchev–Trinajstić information content (AvgIpc) is 2.62. The predicted octanol–water partition coefficient (Wildman–Crippen LogP) is 3.12. The Morgan fingerprint density at radius 3 is 2.23 bits per heavy atom. The van der Waals surface area contributed by atoms with E-state index in [1.165, 1.54) is 17.0 Å². The van der Waals surface area contributed by atoms with Crippen LogP contribution in [0.2, 0.25) is 0 Å². The number of nitro groups is 1. The Bertz CT molecular complexity index is 744. The van der Waals surface area contributed by atoms with Crippen LogP contribution in [0.1, 0.15) is 18.0 Å². The molecule has 0 spiro atoms. The number of carbonyl (C=O) groups is 1. The Kier molecular flexibility index (Phi) is 6.51. The van der Waals surface area contributed by atoms with Crippen LogP contribution in [0.25, 0.3) is 0 Å². The molecule has 0 aromatic heterocycles. The number of hydrogen-bond acceptors (Lipinski definition) is 6. The molecule has 0 aliphatic rings. The Balaban J connectivity index is 1.82. The Morgan fingerprint density at radius 1 is 1.12 bits per heavy atom. The van der Waals surface area contributed by atoms with Gasteiger partial charge in [0.05, 0.1) is 11.5 Å². The molecule has 0 heterocycles. The molecule has 0 saturated carbocycles. The Hall–Kier alpha value is -3.13. The SMILES string of the molecule is CN(C)C(=O)Oc1ccc([C@@H](N)CCOc2ccc([N+](=O)[O-])cc2)cc1. The molecule has 1 atom stereocenters. The van der Waals surface area contributed by atoms with Gasteiger partial charge >= 0.3 is 6.09 Å². The molecule has 26 heavy (non-hydrogen) atoms. The average molecular weight is 359 g/mol. The molecule has 8 nitrogen and oxygen atoms in total. The number of nitrogens with two attached hydrogens (primary N) is 1. The molecule has 0 radical (unpaired) electrons. The van der Waals surface area contributed by atoms with Crippen LogP contribution in [0.4, 0.5) is 10.5 Å². The summed E-state index contributed by atoms with van der Waals surface area (Å²) in [5, 5.41) is 10.6. The zero-order valence-corrected chi connectivity index (χ0v) is 14.6. The van der Waals surface area contributed by atoms with Gasteiger partial charge < -0.3 is 20.1 Å². The smallest absolute Gasteiger partial charge is 0.414 e. The summed E-state index contributed by atoms with van der Waals surface area (Å²) < 4.78 is 10.7. The van der Waals surface area contributed by atoms with Gasteiger partial charge in [0.2, 0.25) is 0 Å². The van der Waals surface area contributed by atoms with Crippen LogP contribution in [-0.4, -0.2) is 36.6 Å². The van der Waals surface area contributed by atoms with Crippen LogP contribution in [0.3, 0.4) is 0 Å². The molecule has 138 valence electrons. The number of ether oxygens (including phenoxy) is 2. The van der Waals surface area contributed by atoms with Crippen molar-refractivity contribution in [3.05, 3.63) is 64.2 Å². The molecule has 0 aliphatic carbocycles. The maximum atomic E-state index is 11.5. The van der Waals surface area contributed by atoms with Gasteiger partial charge in [-0.15, -0.1) is 0 Å². The van der Waals surface area contributed by atoms with E-state index in [1.54, 1.807) is 50.5 Å². The maximum Gasteiger partial charge on any atom is 0.414 e. The van der Waals surface area contributed by atoms with Gasteiger partial charge in [0.25, 0.3) is 5.69 Å². The standard InChI is InChI=1S/C18H21N3O5/c1-20(2)18(22)26-16-7-3-13(4-8-16)17(19)11-12-25-15-9-5-14(6-10-15)21(23)24/h3-10,17H,11-12,19H2,1-2H3/t17-/m0/s1. The molecule has 2 N–H and O–H groups in total. The van der Waals surface area contributed by atoms with E-state index in [0.717, 1.165) is 5.56 Å². The number of benzene rings is 2. The first kappa shape index (κ1) is 19.2. The van der Waals surface area contributed by atoms with Crippen molar-refractivity contribution >= 4 is 11.8 Å². The van der Waals surface area contributed by atoms with E-state index < -0.39 is 11.0 Å². The second-order valence-corrected chi connectivity index (χ2v) is 5.83. The highest BCUT2D eigenvalue weighted by molar-refractivity contribution is 5.69. The van der Waals surface area contributed by atoms with Crippen molar-refractivity contribution in [1.82, 2.24) is 4.90 Å². The summed E-state index contributed by atoms with van der Waals surface area (Å²) in [6.45, 7) is 0.371. The van der Waals surface area contributed by atoms with Gasteiger partial charge in [0, 0.05) is 38.7 Å². The third-order valence-electron chi connectivity index (χ3n) is 3.62. The van der Waals surface area contributed by atoms with Crippen LogP contribution < -0.4 is 15.2 Å². The van der Waals surface area contributed by atoms with E-state index in [9.17, 15) is 14.9 Å². The van der Waals surface area contributed by atoms with Crippen molar-refractivity contribution < 1.29 is 19.2 Å². The van der Waals surface area contributed by atoms with Gasteiger partial charge in [0.15, 0.2) is 0 Å². The van der Waals surface area contributed by atoms with Crippen molar-refractivity contribution in [2.45, 2.75) is 12.5 Å². The molecular weight excluding hydrogens is 338 g/mol. The summed E-state index contributed by atoms with van der Waals surface area (Å²) in [7, 11) is 3.22. The van der Waals surface area contributed by atoms with Gasteiger partial charge in [-0.3, -0.25) is 10.1 Å². The maximum absolute atomic E-state index is 11.5. The largest absolute Gasteiger partial charge is 0.494 e. The van der Waals surface area contributed by atoms with Crippen molar-refractivity contribution in [1.29, 1.82) is 0 Å². The van der Waals surface area contributed by atoms with Gasteiger partial charge in [-0.2, -0.15) is 0 Å². The second-order valence-electron chi connectivity index (χ2n) is 5.83. The topological polar surface area (TPSA) is 108 Å². The molecule has 2 rings (SSSR count). The Labute approximate surface area is 151 Å². The quantitative estimate of drug-likeness (QED) is 0.601. The second kappa shape index (κ2) is 8.82. The highest BCUT2D eigenvalue weighted by Crippen LogP contribution is 2.21. The van der Waals surface area contributed by atoms with Gasteiger partial charge in [0.1, 0.15) is 11.5 Å². The monoisotopic (exact) mass is 359 g/mol. The van der Waals surface area contributed by atoms with Crippen molar-refractivity contribution in [3.8, 4) is 11.5 Å². The van der Waals surface area contributed by atoms with Gasteiger partial charge in [-0.25, -0.2) is 4.79 Å². The predicted molar refractivity (Wildman–Crippen MR) is 96.3 cm³/mol. The lowest BCUT2D eigenvalue weighted by Gasteiger charge is -2.14. The summed E-state index contributed by atoms with van der Waals surface area (Å²) in [4.78, 5) is 23.0. The molecule has 1 amide bonds. The number of nitrogens with zero attached hydrogens (tertiary/aromatic N) is 2. The molecule has 0 unspecified atom stereocenters. The van der Waals surface area contributed by atoms with Gasteiger partial charge in [-0.1, -0.05) is 12.1 Å². The zero-order chi connectivity index (χ0) is 19.1. The van der Waals surface area contributed by atoms with E-state index in [-0.39, 0.29) is 11.7 Å². The minimum Gasteiger partial charge on any atom is -0.494 e. The first-order valence-corrected chi connectivity index (χ1v) is 7.98. The van der Waals surface area contributed by atoms with E-state index in [0.29, 0.717) is 24.5 Å². The first-order chi connectivity index (χ1) is 12.4. The van der Waals surface area contributed by atoms with E-state index in [2.05, 4.69) is 0 Å². The van der Waals surface area contributed by atoms with E-state index >= 15 is 0 Å². The lowest BCUT2D eigenvalue weighted by molar-refractivity contribution is -0.384. The molecular formula is C18H21N3O5. The van der Waals surface area contributed by atoms with Crippen molar-refractivity contribution in [3.63, 3.8) is 0 Å². The van der Waals surface area contributed by atoms with Gasteiger partial charge in [-0.05, 0) is 29.8 Å². The van der Waals surface area contributed by atoms with Crippen molar-refractivity contribution in [2.24, 2.45) is 5.73 Å². The molecule has 2 aromatic carbocycles. The molecule has 0 saturated heterocycles. The number of carbonyl (C=O) groups excluding carboxylic acids is 1. The number of nitro benzene ring substituents is 1. The minimum atomic E-state index is -0.459. The summed E-state index contributed by atoms with van der Waals surface area (Å²) >= 11 is 0. The van der Waals surface area contributed by atoms with E-state index in [1.807, 2.05) is 0 Å². The molecule has 8 heteroatoms. The lowest BCUT2D eigenvalue weighted by Crippen LogP contribution is -2.25. The van der Waals surface area contributed by atoms with Crippen LogP contribution in [0, 0.1) is 10.1 Å². The van der Waals surface area contributed by atoms with Crippen LogP contribution in [0.15, 0.2) is 48.5 Å². The fraction of sp³-hybridized carbons (Fsp3) is 0.278. The molecule has 0 aliphatic heterocycles. The van der Waals surface area contributed by atoms with Crippen LogP contribution >= 0.6 is 0 Å². The number of rotatable bonds is 7. The highest BCUT2D eigenvalue weighted by atomic mass is 16.6. The number of non-ortho nitro benzene ring substituents is 1. The number of amides is 1. The Morgan fingerprint density at radius 2 is 1.69 bits per heavy atom. The minimum absolute atomic E-state index is 0.0177. The fourth-order valence-electron chi connectivity index (χ4n) is 2.11. The highest BCUT2D eigenvalue weighted by Gasteiger charge is 2.10. The summed E-state index contributed by atoms with van der Waals surface area (Å²) in [5.41, 5.74) is 7.05. The molecule has 2 aromatic rings. The third-order valence-corrected chi connectivity index (χ3v) is 3.62. The first-order valence-electron chi connectivity index (χ1n) is 7.98. The fourth-order valence-corrected chi connectivity index (χ4v) is 2.11. The normalized spacial score (nSPS) is 11.5. The molecule has 0 fully saturated rings. The summed E-state index contributed by atoms with van der Waals surface area (Å²) in [6.07, 6.45) is 0.118. The van der Waals surface area contributed by atoms with E-state index in [4.69, 9.17) is 15.2 Å². The van der Waals surface area contributed by atoms with Crippen molar-refractivity contribution in [2.75, 3.05) is 20.7 Å². The number of hydrogen-bond donors (Lipinski definition) is 1. The van der Waals surface area contributed by atoms with Crippen LogP contribution in [-0.2, 0) is 0 Å².